The molecule has 1 aromatic heterocycles. The minimum atomic E-state index is -3.07. The SMILES string of the molecule is Cc1cc([C@H](C)NCCCS(=O)(=O)N(C)C)c(C)s1. The molecular weight excluding hydrogens is 280 g/mol. The molecule has 110 valence electrons. The zero-order chi connectivity index (χ0) is 14.6. The Labute approximate surface area is 120 Å². The zero-order valence-electron chi connectivity index (χ0n) is 12.4. The molecule has 0 aliphatic rings. The summed E-state index contributed by atoms with van der Waals surface area (Å²) in [5, 5.41) is 3.39. The summed E-state index contributed by atoms with van der Waals surface area (Å²) in [6.07, 6.45) is 0.632. The van der Waals surface area contributed by atoms with Crippen molar-refractivity contribution < 1.29 is 8.42 Å². The van der Waals surface area contributed by atoms with Crippen molar-refractivity contribution in [2.45, 2.75) is 33.2 Å². The lowest BCUT2D eigenvalue weighted by Gasteiger charge is -2.15. The van der Waals surface area contributed by atoms with Crippen molar-refractivity contribution in [3.63, 3.8) is 0 Å². The molecule has 0 saturated heterocycles. The molecule has 0 radical (unpaired) electrons. The van der Waals surface area contributed by atoms with E-state index >= 15 is 0 Å². The minimum absolute atomic E-state index is 0.196. The highest BCUT2D eigenvalue weighted by atomic mass is 32.2. The third kappa shape index (κ3) is 4.87. The van der Waals surface area contributed by atoms with Crippen LogP contribution in [0.2, 0.25) is 0 Å². The monoisotopic (exact) mass is 304 g/mol. The van der Waals surface area contributed by atoms with Crippen LogP contribution in [0.5, 0.6) is 0 Å². The second-order valence-electron chi connectivity index (χ2n) is 5.00. The lowest BCUT2D eigenvalue weighted by molar-refractivity contribution is 0.512. The number of nitrogens with one attached hydrogen (secondary N) is 1. The van der Waals surface area contributed by atoms with Crippen LogP contribution in [-0.4, -0.2) is 39.1 Å². The van der Waals surface area contributed by atoms with E-state index in [2.05, 4.69) is 32.2 Å². The number of hydrogen-bond donors (Lipinski definition) is 1. The van der Waals surface area contributed by atoms with E-state index in [1.54, 1.807) is 25.4 Å². The first kappa shape index (κ1) is 16.6. The van der Waals surface area contributed by atoms with E-state index in [4.69, 9.17) is 0 Å². The molecule has 0 saturated carbocycles. The molecule has 1 atom stereocenters. The van der Waals surface area contributed by atoms with Crippen molar-refractivity contribution in [2.75, 3.05) is 26.4 Å². The maximum atomic E-state index is 11.6. The molecule has 1 aromatic rings. The smallest absolute Gasteiger partial charge is 0.213 e. The van der Waals surface area contributed by atoms with Crippen LogP contribution in [0.25, 0.3) is 0 Å². The predicted molar refractivity (Wildman–Crippen MR) is 82.3 cm³/mol. The lowest BCUT2D eigenvalue weighted by atomic mass is 10.1. The van der Waals surface area contributed by atoms with Crippen LogP contribution in [0.15, 0.2) is 6.07 Å². The molecule has 0 amide bonds. The highest BCUT2D eigenvalue weighted by Gasteiger charge is 2.14. The van der Waals surface area contributed by atoms with Crippen molar-refractivity contribution in [2.24, 2.45) is 0 Å². The molecule has 0 spiro atoms. The van der Waals surface area contributed by atoms with Gasteiger partial charge in [-0.1, -0.05) is 0 Å². The van der Waals surface area contributed by atoms with E-state index in [1.807, 2.05) is 0 Å². The molecule has 1 rings (SSSR count). The van der Waals surface area contributed by atoms with Crippen molar-refractivity contribution in [1.82, 2.24) is 9.62 Å². The molecule has 1 heterocycles. The number of sulfonamides is 1. The summed E-state index contributed by atoms with van der Waals surface area (Å²) >= 11 is 1.80. The van der Waals surface area contributed by atoms with Gasteiger partial charge >= 0.3 is 0 Å². The van der Waals surface area contributed by atoms with Gasteiger partial charge in [-0.2, -0.15) is 0 Å². The lowest BCUT2D eigenvalue weighted by Crippen LogP contribution is -2.28. The molecule has 0 aliphatic heterocycles. The Bertz CT molecular complexity index is 507. The Morgan fingerprint density at radius 3 is 2.47 bits per heavy atom. The Hall–Kier alpha value is -0.430. The van der Waals surface area contributed by atoms with Crippen molar-refractivity contribution in [1.29, 1.82) is 0 Å². The van der Waals surface area contributed by atoms with Gasteiger partial charge in [0, 0.05) is 29.9 Å². The third-order valence-corrected chi connectivity index (χ3v) is 6.03. The normalized spacial score (nSPS) is 14.0. The van der Waals surface area contributed by atoms with Crippen LogP contribution < -0.4 is 5.32 Å². The fourth-order valence-electron chi connectivity index (χ4n) is 1.95. The van der Waals surface area contributed by atoms with Gasteiger partial charge in [0.25, 0.3) is 0 Å². The molecule has 0 fully saturated rings. The van der Waals surface area contributed by atoms with Crippen LogP contribution in [0.3, 0.4) is 0 Å². The van der Waals surface area contributed by atoms with Gasteiger partial charge in [0.15, 0.2) is 0 Å². The average molecular weight is 304 g/mol. The molecule has 19 heavy (non-hydrogen) atoms. The summed E-state index contributed by atoms with van der Waals surface area (Å²) in [7, 11) is 0.0752. The fourth-order valence-corrected chi connectivity index (χ4v) is 3.84. The molecule has 0 unspecified atom stereocenters. The fraction of sp³-hybridized carbons (Fsp3) is 0.692. The van der Waals surface area contributed by atoms with Crippen molar-refractivity contribution in [3.8, 4) is 0 Å². The van der Waals surface area contributed by atoms with Gasteiger partial charge < -0.3 is 5.32 Å². The summed E-state index contributed by atoms with van der Waals surface area (Å²) in [6, 6.07) is 2.47. The molecule has 0 aliphatic carbocycles. The molecule has 0 bridgehead atoms. The Morgan fingerprint density at radius 1 is 1.37 bits per heavy atom. The van der Waals surface area contributed by atoms with Gasteiger partial charge in [-0.3, -0.25) is 0 Å². The first-order valence-electron chi connectivity index (χ1n) is 6.44. The number of hydrogen-bond acceptors (Lipinski definition) is 4. The quantitative estimate of drug-likeness (QED) is 0.786. The third-order valence-electron chi connectivity index (χ3n) is 3.13. The maximum absolute atomic E-state index is 11.6. The predicted octanol–water partition coefficient (Wildman–Crippen LogP) is 2.30. The summed E-state index contributed by atoms with van der Waals surface area (Å²) in [5.74, 6) is 0.196. The standard InChI is InChI=1S/C13H24N2O2S2/c1-10-9-13(12(3)18-10)11(2)14-7-6-8-19(16,17)15(4)5/h9,11,14H,6-8H2,1-5H3/t11-/m0/s1. The van der Waals surface area contributed by atoms with E-state index in [9.17, 15) is 8.42 Å². The largest absolute Gasteiger partial charge is 0.310 e. The maximum Gasteiger partial charge on any atom is 0.213 e. The number of thiophene rings is 1. The minimum Gasteiger partial charge on any atom is -0.310 e. The van der Waals surface area contributed by atoms with Gasteiger partial charge in [0.1, 0.15) is 0 Å². The average Bonchev–Trinajstić information content (AvgIpc) is 2.63. The summed E-state index contributed by atoms with van der Waals surface area (Å²) in [6.45, 7) is 7.07. The molecule has 6 heteroatoms. The van der Waals surface area contributed by atoms with E-state index in [-0.39, 0.29) is 11.8 Å². The Morgan fingerprint density at radius 2 is 2.00 bits per heavy atom. The second-order valence-corrected chi connectivity index (χ2v) is 8.76. The molecule has 4 nitrogen and oxygen atoms in total. The van der Waals surface area contributed by atoms with Crippen LogP contribution in [0, 0.1) is 13.8 Å². The summed E-state index contributed by atoms with van der Waals surface area (Å²) in [5.41, 5.74) is 1.32. The summed E-state index contributed by atoms with van der Waals surface area (Å²) < 4.78 is 24.5. The number of aryl methyl sites for hydroxylation is 2. The first-order chi connectivity index (χ1) is 8.74. The molecule has 0 aromatic carbocycles. The van der Waals surface area contributed by atoms with E-state index in [0.29, 0.717) is 13.0 Å². The van der Waals surface area contributed by atoms with Crippen LogP contribution in [-0.2, 0) is 10.0 Å². The van der Waals surface area contributed by atoms with E-state index in [1.165, 1.54) is 19.6 Å². The Kier molecular flexibility index (Phi) is 5.98. The van der Waals surface area contributed by atoms with Gasteiger partial charge in [-0.25, -0.2) is 12.7 Å². The Balaban J connectivity index is 2.40. The van der Waals surface area contributed by atoms with E-state index in [0.717, 1.165) is 0 Å². The van der Waals surface area contributed by atoms with Crippen LogP contribution >= 0.6 is 11.3 Å². The van der Waals surface area contributed by atoms with Gasteiger partial charge in [0.2, 0.25) is 10.0 Å². The second kappa shape index (κ2) is 6.83. The number of nitrogens with zero attached hydrogens (tertiary/aromatic N) is 1. The van der Waals surface area contributed by atoms with Gasteiger partial charge in [-0.15, -0.1) is 11.3 Å². The van der Waals surface area contributed by atoms with Crippen molar-refractivity contribution >= 4 is 21.4 Å². The van der Waals surface area contributed by atoms with Gasteiger partial charge in [-0.05, 0) is 45.4 Å². The van der Waals surface area contributed by atoms with E-state index < -0.39 is 10.0 Å². The van der Waals surface area contributed by atoms with Crippen LogP contribution in [0.4, 0.5) is 0 Å². The molecule has 1 N–H and O–H groups in total. The molecular formula is C13H24N2O2S2. The van der Waals surface area contributed by atoms with Crippen molar-refractivity contribution in [3.05, 3.63) is 21.4 Å². The zero-order valence-corrected chi connectivity index (χ0v) is 14.0. The topological polar surface area (TPSA) is 49.4 Å². The highest BCUT2D eigenvalue weighted by Crippen LogP contribution is 2.25. The highest BCUT2D eigenvalue weighted by molar-refractivity contribution is 7.89. The van der Waals surface area contributed by atoms with Crippen LogP contribution in [0.1, 0.15) is 34.7 Å². The number of rotatable bonds is 7. The summed E-state index contributed by atoms with van der Waals surface area (Å²) in [4.78, 5) is 2.65. The van der Waals surface area contributed by atoms with Gasteiger partial charge in [0.05, 0.1) is 5.75 Å². The first-order valence-corrected chi connectivity index (χ1v) is 8.87.